The van der Waals surface area contributed by atoms with Crippen molar-refractivity contribution in [3.63, 3.8) is 0 Å². The highest BCUT2D eigenvalue weighted by Gasteiger charge is 2.31. The first kappa shape index (κ1) is 13.7. The standard InChI is InChI=1S/C13H20N4O2/c1-4-10-6-11(17(5-2)15-10)8-16-12(18)7-14-9(3)13(16)19/h6,9,14H,4-5,7-8H2,1-3H3. The topological polar surface area (TPSA) is 67.2 Å². The van der Waals surface area contributed by atoms with Gasteiger partial charge in [0.05, 0.1) is 30.5 Å². The van der Waals surface area contributed by atoms with Crippen LogP contribution in [0.1, 0.15) is 32.2 Å². The second kappa shape index (κ2) is 5.52. The van der Waals surface area contributed by atoms with E-state index in [1.165, 1.54) is 4.90 Å². The summed E-state index contributed by atoms with van der Waals surface area (Å²) in [5.74, 6) is -0.344. The van der Waals surface area contributed by atoms with Gasteiger partial charge < -0.3 is 0 Å². The lowest BCUT2D eigenvalue weighted by molar-refractivity contribution is -0.149. The lowest BCUT2D eigenvalue weighted by Crippen LogP contribution is -2.56. The molecule has 19 heavy (non-hydrogen) atoms. The van der Waals surface area contributed by atoms with Crippen LogP contribution in [0, 0.1) is 0 Å². The molecule has 1 saturated heterocycles. The Morgan fingerprint density at radius 1 is 1.42 bits per heavy atom. The largest absolute Gasteiger partial charge is 0.298 e. The SMILES string of the molecule is CCc1cc(CN2C(=O)CNC(C)C2=O)n(CC)n1. The molecule has 0 saturated carbocycles. The summed E-state index contributed by atoms with van der Waals surface area (Å²) in [5, 5.41) is 7.31. The molecule has 1 aliphatic heterocycles. The van der Waals surface area contributed by atoms with Gasteiger partial charge in [-0.15, -0.1) is 0 Å². The van der Waals surface area contributed by atoms with Crippen molar-refractivity contribution in [1.29, 1.82) is 0 Å². The lowest BCUT2D eigenvalue weighted by Gasteiger charge is -2.29. The summed E-state index contributed by atoms with van der Waals surface area (Å²) in [6, 6.07) is 1.66. The van der Waals surface area contributed by atoms with E-state index in [1.54, 1.807) is 6.92 Å². The maximum absolute atomic E-state index is 12.0. The predicted molar refractivity (Wildman–Crippen MR) is 70.3 cm³/mol. The summed E-state index contributed by atoms with van der Waals surface area (Å²) in [4.78, 5) is 25.2. The zero-order chi connectivity index (χ0) is 14.0. The van der Waals surface area contributed by atoms with Crippen molar-refractivity contribution >= 4 is 11.8 Å². The van der Waals surface area contributed by atoms with Crippen LogP contribution in [0.15, 0.2) is 6.07 Å². The Balaban J connectivity index is 2.21. The maximum atomic E-state index is 12.0. The molecular weight excluding hydrogens is 244 g/mol. The molecule has 0 spiro atoms. The van der Waals surface area contributed by atoms with Crippen LogP contribution in [0.3, 0.4) is 0 Å². The normalized spacial score (nSPS) is 20.2. The van der Waals surface area contributed by atoms with Crippen LogP contribution in [0.5, 0.6) is 0 Å². The summed E-state index contributed by atoms with van der Waals surface area (Å²) < 4.78 is 1.85. The monoisotopic (exact) mass is 264 g/mol. The number of aromatic nitrogens is 2. The quantitative estimate of drug-likeness (QED) is 0.795. The summed E-state index contributed by atoms with van der Waals surface area (Å²) >= 11 is 0. The van der Waals surface area contributed by atoms with Crippen molar-refractivity contribution in [2.45, 2.75) is 46.3 Å². The Morgan fingerprint density at radius 2 is 2.16 bits per heavy atom. The van der Waals surface area contributed by atoms with Crippen molar-refractivity contribution < 1.29 is 9.59 Å². The highest BCUT2D eigenvalue weighted by atomic mass is 16.2. The summed E-state index contributed by atoms with van der Waals surface area (Å²) in [7, 11) is 0. The summed E-state index contributed by atoms with van der Waals surface area (Å²) in [5.41, 5.74) is 1.90. The minimum absolute atomic E-state index is 0.168. The van der Waals surface area contributed by atoms with Crippen LogP contribution in [0.4, 0.5) is 0 Å². The number of carbonyl (C=O) groups is 2. The third-order valence-electron chi connectivity index (χ3n) is 3.39. The predicted octanol–water partition coefficient (Wildman–Crippen LogP) is 0.312. The van der Waals surface area contributed by atoms with E-state index in [0.717, 1.165) is 24.4 Å². The van der Waals surface area contributed by atoms with E-state index in [1.807, 2.05) is 24.6 Å². The van der Waals surface area contributed by atoms with Gasteiger partial charge in [0.25, 0.3) is 0 Å². The highest BCUT2D eigenvalue weighted by molar-refractivity contribution is 6.00. The summed E-state index contributed by atoms with van der Waals surface area (Å²) in [6.45, 7) is 7.07. The second-order valence-electron chi connectivity index (χ2n) is 4.72. The number of hydrogen-bond donors (Lipinski definition) is 1. The first-order valence-corrected chi connectivity index (χ1v) is 6.70. The van der Waals surface area contributed by atoms with Gasteiger partial charge in [-0.1, -0.05) is 6.92 Å². The smallest absolute Gasteiger partial charge is 0.246 e. The number of nitrogens with one attached hydrogen (secondary N) is 1. The molecule has 1 aliphatic rings. The molecule has 1 unspecified atom stereocenters. The van der Waals surface area contributed by atoms with Crippen molar-refractivity contribution in [3.8, 4) is 0 Å². The molecule has 2 rings (SSSR count). The van der Waals surface area contributed by atoms with E-state index < -0.39 is 0 Å². The van der Waals surface area contributed by atoms with Gasteiger partial charge in [-0.05, 0) is 26.3 Å². The number of rotatable bonds is 4. The number of piperazine rings is 1. The van der Waals surface area contributed by atoms with Gasteiger partial charge in [0.2, 0.25) is 11.8 Å². The molecule has 6 heteroatoms. The number of nitrogens with zero attached hydrogens (tertiary/aromatic N) is 3. The molecule has 1 atom stereocenters. The fourth-order valence-corrected chi connectivity index (χ4v) is 2.20. The minimum atomic E-state index is -0.304. The van der Waals surface area contributed by atoms with Crippen molar-refractivity contribution in [1.82, 2.24) is 20.0 Å². The molecule has 1 N–H and O–H groups in total. The van der Waals surface area contributed by atoms with E-state index in [0.29, 0.717) is 6.54 Å². The van der Waals surface area contributed by atoms with E-state index in [4.69, 9.17) is 0 Å². The Hall–Kier alpha value is -1.69. The number of carbonyl (C=O) groups excluding carboxylic acids is 2. The van der Waals surface area contributed by atoms with Crippen LogP contribution in [0.2, 0.25) is 0 Å². The van der Waals surface area contributed by atoms with Crippen molar-refractivity contribution in [2.24, 2.45) is 0 Å². The van der Waals surface area contributed by atoms with Gasteiger partial charge in [-0.25, -0.2) is 0 Å². The van der Waals surface area contributed by atoms with Gasteiger partial charge in [0, 0.05) is 6.54 Å². The molecule has 104 valence electrons. The molecule has 0 aliphatic carbocycles. The number of aryl methyl sites for hydroxylation is 2. The first-order chi connectivity index (χ1) is 9.06. The van der Waals surface area contributed by atoms with E-state index in [9.17, 15) is 9.59 Å². The number of amides is 2. The molecule has 0 radical (unpaired) electrons. The first-order valence-electron chi connectivity index (χ1n) is 6.70. The zero-order valence-corrected chi connectivity index (χ0v) is 11.6. The minimum Gasteiger partial charge on any atom is -0.298 e. The summed E-state index contributed by atoms with van der Waals surface area (Å²) in [6.07, 6.45) is 0.847. The van der Waals surface area contributed by atoms with Crippen LogP contribution in [-0.2, 0) is 29.1 Å². The molecule has 0 bridgehead atoms. The average molecular weight is 264 g/mol. The Kier molecular flexibility index (Phi) is 3.99. The average Bonchev–Trinajstić information content (AvgIpc) is 2.81. The lowest BCUT2D eigenvalue weighted by atomic mass is 10.2. The van der Waals surface area contributed by atoms with Crippen LogP contribution in [0.25, 0.3) is 0 Å². The third kappa shape index (κ3) is 2.68. The van der Waals surface area contributed by atoms with Crippen LogP contribution in [-0.4, -0.2) is 39.1 Å². The molecule has 1 fully saturated rings. The molecule has 2 heterocycles. The third-order valence-corrected chi connectivity index (χ3v) is 3.39. The van der Waals surface area contributed by atoms with Crippen molar-refractivity contribution in [2.75, 3.05) is 6.54 Å². The number of imide groups is 1. The molecule has 0 aromatic carbocycles. The molecular formula is C13H20N4O2. The van der Waals surface area contributed by atoms with Gasteiger partial charge in [-0.2, -0.15) is 5.10 Å². The van der Waals surface area contributed by atoms with E-state index in [-0.39, 0.29) is 24.4 Å². The Morgan fingerprint density at radius 3 is 2.79 bits per heavy atom. The second-order valence-corrected chi connectivity index (χ2v) is 4.72. The zero-order valence-electron chi connectivity index (χ0n) is 11.6. The number of hydrogen-bond acceptors (Lipinski definition) is 4. The van der Waals surface area contributed by atoms with Crippen LogP contribution >= 0.6 is 0 Å². The Labute approximate surface area is 112 Å². The maximum Gasteiger partial charge on any atom is 0.246 e. The molecule has 6 nitrogen and oxygen atoms in total. The van der Waals surface area contributed by atoms with Crippen molar-refractivity contribution in [3.05, 3.63) is 17.5 Å². The molecule has 2 amide bonds. The highest BCUT2D eigenvalue weighted by Crippen LogP contribution is 2.12. The van der Waals surface area contributed by atoms with Gasteiger partial charge in [-0.3, -0.25) is 24.5 Å². The van der Waals surface area contributed by atoms with Gasteiger partial charge in [0.1, 0.15) is 0 Å². The van der Waals surface area contributed by atoms with E-state index >= 15 is 0 Å². The molecule has 1 aromatic heterocycles. The van der Waals surface area contributed by atoms with Gasteiger partial charge >= 0.3 is 0 Å². The molecule has 1 aromatic rings. The van der Waals surface area contributed by atoms with Gasteiger partial charge in [0.15, 0.2) is 0 Å². The Bertz CT molecular complexity index is 495. The fourth-order valence-electron chi connectivity index (χ4n) is 2.20. The fraction of sp³-hybridized carbons (Fsp3) is 0.615. The van der Waals surface area contributed by atoms with E-state index in [2.05, 4.69) is 10.4 Å². The van der Waals surface area contributed by atoms with Crippen LogP contribution < -0.4 is 5.32 Å².